The first-order valence-electron chi connectivity index (χ1n) is 9.76. The lowest BCUT2D eigenvalue weighted by atomic mass is 10.1. The topological polar surface area (TPSA) is 97.2 Å². The van der Waals surface area contributed by atoms with E-state index >= 15 is 0 Å². The predicted molar refractivity (Wildman–Crippen MR) is 114 cm³/mol. The van der Waals surface area contributed by atoms with Crippen molar-refractivity contribution in [3.8, 4) is 17.1 Å². The van der Waals surface area contributed by atoms with Gasteiger partial charge in [-0.3, -0.25) is 4.79 Å². The number of sulfonamides is 1. The molecule has 1 aliphatic rings. The fraction of sp³-hybridized carbons (Fsp3) is 0.286. The number of amides is 1. The summed E-state index contributed by atoms with van der Waals surface area (Å²) in [6, 6.07) is 19.0. The van der Waals surface area contributed by atoms with Crippen LogP contribution in [0.1, 0.15) is 23.5 Å². The summed E-state index contributed by atoms with van der Waals surface area (Å²) in [6.07, 6.45) is 2.32. The summed E-state index contributed by atoms with van der Waals surface area (Å²) in [5, 5.41) is 7.42. The molecule has 0 saturated carbocycles. The zero-order valence-corrected chi connectivity index (χ0v) is 17.4. The summed E-state index contributed by atoms with van der Waals surface area (Å²) >= 11 is 0. The number of nitrogens with one attached hydrogen (secondary N) is 1. The average molecular weight is 426 g/mol. The van der Waals surface area contributed by atoms with Gasteiger partial charge in [0.25, 0.3) is 5.91 Å². The Morgan fingerprint density at radius 3 is 2.20 bits per heavy atom. The molecule has 156 valence electrons. The molecule has 1 aromatic heterocycles. The Labute approximate surface area is 175 Å². The Balaban J connectivity index is 1.56. The van der Waals surface area contributed by atoms with Crippen molar-refractivity contribution in [3.63, 3.8) is 0 Å². The molecule has 30 heavy (non-hydrogen) atoms. The van der Waals surface area contributed by atoms with Crippen molar-refractivity contribution in [3.05, 3.63) is 66.5 Å². The summed E-state index contributed by atoms with van der Waals surface area (Å²) in [5.74, 6) is 0.307. The van der Waals surface area contributed by atoms with Crippen LogP contribution in [0.4, 0.5) is 0 Å². The number of rotatable bonds is 5. The predicted octanol–water partition coefficient (Wildman–Crippen LogP) is 2.09. The van der Waals surface area contributed by atoms with Gasteiger partial charge in [0.15, 0.2) is 5.82 Å². The van der Waals surface area contributed by atoms with E-state index in [0.717, 1.165) is 11.3 Å². The maximum atomic E-state index is 12.8. The molecule has 0 radical (unpaired) electrons. The second-order valence-electron chi connectivity index (χ2n) is 7.28. The van der Waals surface area contributed by atoms with Crippen molar-refractivity contribution in [2.75, 3.05) is 19.3 Å². The number of carbonyl (C=O) groups is 1. The minimum atomic E-state index is -3.20. The fourth-order valence-electron chi connectivity index (χ4n) is 3.51. The number of nitrogens with zero attached hydrogens (tertiary/aromatic N) is 4. The summed E-state index contributed by atoms with van der Waals surface area (Å²) < 4.78 is 26.4. The number of benzene rings is 2. The van der Waals surface area contributed by atoms with Gasteiger partial charge in [0.2, 0.25) is 15.8 Å². The molecule has 1 saturated heterocycles. The van der Waals surface area contributed by atoms with Crippen molar-refractivity contribution in [2.45, 2.75) is 18.9 Å². The quantitative estimate of drug-likeness (QED) is 0.675. The molecule has 1 aliphatic heterocycles. The molecule has 1 amide bonds. The van der Waals surface area contributed by atoms with Gasteiger partial charge in [-0.25, -0.2) is 22.4 Å². The lowest BCUT2D eigenvalue weighted by molar-refractivity contribution is 0.0913. The molecule has 0 spiro atoms. The van der Waals surface area contributed by atoms with E-state index in [9.17, 15) is 13.2 Å². The number of hydrogen-bond acceptors (Lipinski definition) is 5. The Bertz CT molecular complexity index is 1060. The highest BCUT2D eigenvalue weighted by Crippen LogP contribution is 2.21. The van der Waals surface area contributed by atoms with Crippen LogP contribution in [-0.2, 0) is 10.0 Å². The summed E-state index contributed by atoms with van der Waals surface area (Å²) in [6.45, 7) is 0.788. The Kier molecular flexibility index (Phi) is 5.65. The van der Waals surface area contributed by atoms with E-state index in [4.69, 9.17) is 0 Å². The first-order chi connectivity index (χ1) is 14.4. The van der Waals surface area contributed by atoms with Gasteiger partial charge in [0, 0.05) is 24.7 Å². The molecule has 4 rings (SSSR count). The lowest BCUT2D eigenvalue weighted by Gasteiger charge is -2.30. The summed E-state index contributed by atoms with van der Waals surface area (Å²) in [4.78, 5) is 17.3. The molecule has 8 nitrogen and oxygen atoms in total. The first kappa shape index (κ1) is 20.2. The number of piperidine rings is 1. The molecule has 2 heterocycles. The Hall–Kier alpha value is -3.04. The van der Waals surface area contributed by atoms with E-state index in [1.165, 1.54) is 10.6 Å². The maximum absolute atomic E-state index is 12.8. The fourth-order valence-corrected chi connectivity index (χ4v) is 4.39. The first-order valence-corrected chi connectivity index (χ1v) is 11.6. The van der Waals surface area contributed by atoms with E-state index in [0.29, 0.717) is 31.8 Å². The van der Waals surface area contributed by atoms with E-state index in [2.05, 4.69) is 15.4 Å². The molecule has 3 aromatic rings. The van der Waals surface area contributed by atoms with Crippen LogP contribution < -0.4 is 5.32 Å². The second-order valence-corrected chi connectivity index (χ2v) is 9.26. The van der Waals surface area contributed by atoms with Crippen LogP contribution in [0.15, 0.2) is 60.7 Å². The lowest BCUT2D eigenvalue weighted by Crippen LogP contribution is -2.46. The minimum absolute atomic E-state index is 0.0863. The smallest absolute Gasteiger partial charge is 0.291 e. The highest BCUT2D eigenvalue weighted by atomic mass is 32.2. The molecule has 1 fully saturated rings. The van der Waals surface area contributed by atoms with Crippen LogP contribution in [0.25, 0.3) is 17.1 Å². The zero-order valence-electron chi connectivity index (χ0n) is 16.6. The van der Waals surface area contributed by atoms with Gasteiger partial charge in [-0.1, -0.05) is 48.5 Å². The number of aromatic nitrogens is 3. The number of carbonyl (C=O) groups excluding carboxylic acids is 1. The summed E-state index contributed by atoms with van der Waals surface area (Å²) in [7, 11) is -3.20. The van der Waals surface area contributed by atoms with E-state index < -0.39 is 10.0 Å². The van der Waals surface area contributed by atoms with Crippen LogP contribution >= 0.6 is 0 Å². The third kappa shape index (κ3) is 4.42. The second kappa shape index (κ2) is 8.37. The van der Waals surface area contributed by atoms with Crippen LogP contribution in [0.2, 0.25) is 0 Å². The zero-order chi connectivity index (χ0) is 21.1. The van der Waals surface area contributed by atoms with E-state index in [1.807, 2.05) is 60.7 Å². The van der Waals surface area contributed by atoms with Crippen LogP contribution in [-0.4, -0.2) is 58.8 Å². The van der Waals surface area contributed by atoms with Gasteiger partial charge in [0.05, 0.1) is 11.9 Å². The molecule has 1 N–H and O–H groups in total. The largest absolute Gasteiger partial charge is 0.346 e. The van der Waals surface area contributed by atoms with Crippen LogP contribution in [0.3, 0.4) is 0 Å². The normalized spacial score (nSPS) is 15.8. The maximum Gasteiger partial charge on any atom is 0.291 e. The third-order valence-electron chi connectivity index (χ3n) is 5.10. The van der Waals surface area contributed by atoms with Crippen molar-refractivity contribution < 1.29 is 13.2 Å². The van der Waals surface area contributed by atoms with Gasteiger partial charge in [-0.2, -0.15) is 0 Å². The molecular weight excluding hydrogens is 402 g/mol. The van der Waals surface area contributed by atoms with Crippen molar-refractivity contribution in [1.29, 1.82) is 0 Å². The number of para-hydroxylation sites is 1. The van der Waals surface area contributed by atoms with Crippen LogP contribution in [0, 0.1) is 0 Å². The molecule has 0 atom stereocenters. The Morgan fingerprint density at radius 1 is 1.00 bits per heavy atom. The average Bonchev–Trinajstić information content (AvgIpc) is 3.20. The molecule has 9 heteroatoms. The molecular formula is C21H23N5O3S. The van der Waals surface area contributed by atoms with Crippen molar-refractivity contribution >= 4 is 15.9 Å². The highest BCUT2D eigenvalue weighted by Gasteiger charge is 2.27. The van der Waals surface area contributed by atoms with Gasteiger partial charge in [0.1, 0.15) is 0 Å². The molecule has 2 aromatic carbocycles. The Morgan fingerprint density at radius 2 is 1.60 bits per heavy atom. The van der Waals surface area contributed by atoms with Gasteiger partial charge in [-0.15, -0.1) is 5.10 Å². The van der Waals surface area contributed by atoms with Gasteiger partial charge >= 0.3 is 0 Å². The SMILES string of the molecule is CS(=O)(=O)N1CCC(NC(=O)c2nc(-c3ccccc3)n(-c3ccccc3)n2)CC1. The van der Waals surface area contributed by atoms with Gasteiger partial charge in [-0.05, 0) is 25.0 Å². The van der Waals surface area contributed by atoms with Crippen molar-refractivity contribution in [1.82, 2.24) is 24.4 Å². The van der Waals surface area contributed by atoms with Crippen LogP contribution in [0.5, 0.6) is 0 Å². The van der Waals surface area contributed by atoms with E-state index in [1.54, 1.807) is 4.68 Å². The summed E-state index contributed by atoms with van der Waals surface area (Å²) in [5.41, 5.74) is 1.67. The van der Waals surface area contributed by atoms with E-state index in [-0.39, 0.29) is 17.8 Å². The highest BCUT2D eigenvalue weighted by molar-refractivity contribution is 7.88. The minimum Gasteiger partial charge on any atom is -0.346 e. The number of hydrogen-bond donors (Lipinski definition) is 1. The molecule has 0 aliphatic carbocycles. The molecule has 0 unspecified atom stereocenters. The van der Waals surface area contributed by atoms with Crippen molar-refractivity contribution in [2.24, 2.45) is 0 Å². The van der Waals surface area contributed by atoms with Gasteiger partial charge < -0.3 is 5.32 Å². The monoisotopic (exact) mass is 425 g/mol. The molecule has 0 bridgehead atoms. The standard InChI is InChI=1S/C21H23N5O3S/c1-30(28,29)25-14-12-17(13-15-25)22-21(27)19-23-20(16-8-4-2-5-9-16)26(24-19)18-10-6-3-7-11-18/h2-11,17H,12-15H2,1H3,(H,22,27). The third-order valence-corrected chi connectivity index (χ3v) is 6.40.